The van der Waals surface area contributed by atoms with E-state index in [0.29, 0.717) is 19.3 Å². The number of hydrogen-bond acceptors (Lipinski definition) is 3. The van der Waals surface area contributed by atoms with E-state index in [1.54, 1.807) is 6.92 Å². The summed E-state index contributed by atoms with van der Waals surface area (Å²) in [6, 6.07) is -0.487. The van der Waals surface area contributed by atoms with Gasteiger partial charge in [-0.15, -0.1) is 0 Å². The van der Waals surface area contributed by atoms with Gasteiger partial charge in [0.1, 0.15) is 0 Å². The average Bonchev–Trinajstić information content (AvgIpc) is 2.28. The van der Waals surface area contributed by atoms with Gasteiger partial charge in [-0.05, 0) is 19.3 Å². The van der Waals surface area contributed by atoms with Gasteiger partial charge in [0.15, 0.2) is 0 Å². The molecule has 0 spiro atoms. The first-order valence-corrected chi connectivity index (χ1v) is 7.73. The molecule has 0 aromatic carbocycles. The first kappa shape index (κ1) is 14.4. The Morgan fingerprint density at radius 2 is 1.94 bits per heavy atom. The summed E-state index contributed by atoms with van der Waals surface area (Å²) in [5.41, 5.74) is 0. The van der Waals surface area contributed by atoms with Gasteiger partial charge in [-0.1, -0.05) is 26.2 Å². The van der Waals surface area contributed by atoms with E-state index in [1.807, 2.05) is 0 Å². The van der Waals surface area contributed by atoms with Crippen molar-refractivity contribution in [1.29, 1.82) is 0 Å². The lowest BCUT2D eigenvalue weighted by Crippen LogP contribution is -2.42. The van der Waals surface area contributed by atoms with Crippen LogP contribution in [0.4, 0.5) is 0 Å². The summed E-state index contributed by atoms with van der Waals surface area (Å²) in [6.07, 6.45) is 4.72. The van der Waals surface area contributed by atoms with Crippen LogP contribution in [-0.2, 0) is 14.8 Å². The third-order valence-corrected chi connectivity index (χ3v) is 5.25. The summed E-state index contributed by atoms with van der Waals surface area (Å²) in [5.74, 6) is -0.969. The van der Waals surface area contributed by atoms with Crippen LogP contribution in [0.5, 0.6) is 0 Å². The summed E-state index contributed by atoms with van der Waals surface area (Å²) in [4.78, 5) is 10.6. The molecular weight excluding hydrogens is 242 g/mol. The Hall–Kier alpha value is -0.620. The number of carboxylic acid groups (broad SMARTS) is 1. The van der Waals surface area contributed by atoms with E-state index in [1.165, 1.54) is 0 Å². The number of carboxylic acids is 1. The van der Waals surface area contributed by atoms with Crippen LogP contribution < -0.4 is 4.72 Å². The van der Waals surface area contributed by atoms with Crippen LogP contribution in [0.25, 0.3) is 0 Å². The molecule has 0 radical (unpaired) electrons. The molecule has 1 aliphatic rings. The quantitative estimate of drug-likeness (QED) is 0.760. The monoisotopic (exact) mass is 263 g/mol. The Balaban J connectivity index is 2.59. The predicted octanol–water partition coefficient (Wildman–Crippen LogP) is 1.49. The first-order valence-electron chi connectivity index (χ1n) is 6.18. The van der Waals surface area contributed by atoms with Crippen LogP contribution in [0.1, 0.15) is 51.9 Å². The van der Waals surface area contributed by atoms with Gasteiger partial charge in [0.05, 0.1) is 11.7 Å². The van der Waals surface area contributed by atoms with Crippen LogP contribution in [0.2, 0.25) is 0 Å². The standard InChI is InChI=1S/C11H21NO4S/c1-2-9(8-11(13)14)12-17(15,16)10-6-4-3-5-7-10/h9-10,12H,2-8H2,1H3,(H,13,14)/t9-/m0/s1. The minimum atomic E-state index is -3.35. The van der Waals surface area contributed by atoms with Gasteiger partial charge < -0.3 is 5.11 Å². The van der Waals surface area contributed by atoms with Crippen molar-refractivity contribution in [3.05, 3.63) is 0 Å². The summed E-state index contributed by atoms with van der Waals surface area (Å²) < 4.78 is 26.6. The molecule has 1 atom stereocenters. The SMILES string of the molecule is CC[C@@H](CC(=O)O)NS(=O)(=O)C1CCCCC1. The zero-order chi connectivity index (χ0) is 12.9. The molecule has 5 nitrogen and oxygen atoms in total. The molecule has 1 rings (SSSR count). The molecule has 2 N–H and O–H groups in total. The molecule has 0 saturated heterocycles. The maximum atomic E-state index is 12.0. The van der Waals surface area contributed by atoms with Crippen molar-refractivity contribution in [2.75, 3.05) is 0 Å². The molecule has 0 bridgehead atoms. The third-order valence-electron chi connectivity index (χ3n) is 3.24. The van der Waals surface area contributed by atoms with Crippen LogP contribution in [0, 0.1) is 0 Å². The zero-order valence-corrected chi connectivity index (χ0v) is 11.0. The summed E-state index contributed by atoms with van der Waals surface area (Å²) in [6.45, 7) is 1.79. The van der Waals surface area contributed by atoms with Crippen LogP contribution in [0.15, 0.2) is 0 Å². The van der Waals surface area contributed by atoms with E-state index in [-0.39, 0.29) is 11.7 Å². The summed E-state index contributed by atoms with van der Waals surface area (Å²) in [7, 11) is -3.35. The Kier molecular flexibility index (Phi) is 5.39. The average molecular weight is 263 g/mol. The predicted molar refractivity (Wildman–Crippen MR) is 65.3 cm³/mol. The van der Waals surface area contributed by atoms with Gasteiger partial charge in [0, 0.05) is 6.04 Å². The molecule has 1 aliphatic carbocycles. The first-order chi connectivity index (χ1) is 7.95. The van der Waals surface area contributed by atoms with Crippen molar-refractivity contribution >= 4 is 16.0 Å². The number of aliphatic carboxylic acids is 1. The Morgan fingerprint density at radius 3 is 2.41 bits per heavy atom. The van der Waals surface area contributed by atoms with Gasteiger partial charge >= 0.3 is 5.97 Å². The topological polar surface area (TPSA) is 83.5 Å². The summed E-state index contributed by atoms with van der Waals surface area (Å²) in [5, 5.41) is 8.35. The van der Waals surface area contributed by atoms with Crippen LogP contribution >= 0.6 is 0 Å². The number of carbonyl (C=O) groups is 1. The Bertz CT molecular complexity index is 346. The molecule has 0 amide bonds. The zero-order valence-electron chi connectivity index (χ0n) is 10.2. The lowest BCUT2D eigenvalue weighted by Gasteiger charge is -2.24. The Morgan fingerprint density at radius 1 is 1.35 bits per heavy atom. The highest BCUT2D eigenvalue weighted by Gasteiger charge is 2.29. The lowest BCUT2D eigenvalue weighted by atomic mass is 10.0. The fourth-order valence-corrected chi connectivity index (χ4v) is 4.05. The molecule has 0 heterocycles. The lowest BCUT2D eigenvalue weighted by molar-refractivity contribution is -0.137. The molecular formula is C11H21NO4S. The highest BCUT2D eigenvalue weighted by molar-refractivity contribution is 7.90. The normalized spacial score (nSPS) is 20.1. The molecule has 6 heteroatoms. The number of hydrogen-bond donors (Lipinski definition) is 2. The van der Waals surface area contributed by atoms with E-state index >= 15 is 0 Å². The van der Waals surface area contributed by atoms with Crippen molar-refractivity contribution in [3.63, 3.8) is 0 Å². The van der Waals surface area contributed by atoms with Crippen LogP contribution in [0.3, 0.4) is 0 Å². The minimum absolute atomic E-state index is 0.150. The smallest absolute Gasteiger partial charge is 0.304 e. The molecule has 1 saturated carbocycles. The van der Waals surface area contributed by atoms with Crippen molar-refractivity contribution in [2.45, 2.75) is 63.2 Å². The minimum Gasteiger partial charge on any atom is -0.481 e. The van der Waals surface area contributed by atoms with E-state index in [2.05, 4.69) is 4.72 Å². The van der Waals surface area contributed by atoms with Crippen molar-refractivity contribution < 1.29 is 18.3 Å². The van der Waals surface area contributed by atoms with Gasteiger partial charge in [0.2, 0.25) is 10.0 Å². The van der Waals surface area contributed by atoms with Crippen molar-refractivity contribution in [2.24, 2.45) is 0 Å². The van der Waals surface area contributed by atoms with E-state index in [0.717, 1.165) is 19.3 Å². The second-order valence-corrected chi connectivity index (χ2v) is 6.62. The maximum Gasteiger partial charge on any atom is 0.304 e. The fourth-order valence-electron chi connectivity index (χ4n) is 2.18. The highest BCUT2D eigenvalue weighted by Crippen LogP contribution is 2.23. The Labute approximate surface area is 103 Å². The number of nitrogens with one attached hydrogen (secondary N) is 1. The van der Waals surface area contributed by atoms with E-state index < -0.39 is 22.0 Å². The fraction of sp³-hybridized carbons (Fsp3) is 0.909. The van der Waals surface area contributed by atoms with Gasteiger partial charge in [0.25, 0.3) is 0 Å². The van der Waals surface area contributed by atoms with E-state index in [4.69, 9.17) is 5.11 Å². The second kappa shape index (κ2) is 6.35. The van der Waals surface area contributed by atoms with Gasteiger partial charge in [-0.3, -0.25) is 4.79 Å². The van der Waals surface area contributed by atoms with Crippen LogP contribution in [-0.4, -0.2) is 30.8 Å². The number of rotatable bonds is 6. The molecule has 100 valence electrons. The summed E-state index contributed by atoms with van der Waals surface area (Å²) >= 11 is 0. The second-order valence-electron chi connectivity index (χ2n) is 4.63. The highest BCUT2D eigenvalue weighted by atomic mass is 32.2. The van der Waals surface area contributed by atoms with E-state index in [9.17, 15) is 13.2 Å². The molecule has 0 aliphatic heterocycles. The molecule has 0 unspecified atom stereocenters. The van der Waals surface area contributed by atoms with Gasteiger partial charge in [-0.2, -0.15) is 0 Å². The third kappa shape index (κ3) is 4.63. The van der Waals surface area contributed by atoms with Crippen molar-refractivity contribution in [1.82, 2.24) is 4.72 Å². The maximum absolute atomic E-state index is 12.0. The number of sulfonamides is 1. The largest absolute Gasteiger partial charge is 0.481 e. The molecule has 0 aromatic heterocycles. The molecule has 0 aromatic rings. The van der Waals surface area contributed by atoms with Gasteiger partial charge in [-0.25, -0.2) is 13.1 Å². The molecule has 17 heavy (non-hydrogen) atoms. The molecule has 1 fully saturated rings. The van der Waals surface area contributed by atoms with Crippen molar-refractivity contribution in [3.8, 4) is 0 Å².